The molecule has 0 radical (unpaired) electrons. The zero-order valence-corrected chi connectivity index (χ0v) is 11.8. The van der Waals surface area contributed by atoms with Gasteiger partial charge in [-0.15, -0.1) is 0 Å². The van der Waals surface area contributed by atoms with Crippen LogP contribution in [0.4, 0.5) is 0 Å². The fraction of sp³-hybridized carbons (Fsp3) is 0. The van der Waals surface area contributed by atoms with E-state index < -0.39 is 7.32 Å². The Hall–Kier alpha value is 5.92. The Labute approximate surface area is 207 Å². The minimum Gasteiger partial charge on any atom is -0.907 e. The van der Waals surface area contributed by atoms with E-state index in [4.69, 9.17) is 15.1 Å². The van der Waals surface area contributed by atoms with Crippen LogP contribution >= 0.6 is 0 Å². The Kier molecular flexibility index (Phi) is 489. The van der Waals surface area contributed by atoms with Gasteiger partial charge < -0.3 is 15.1 Å². The zero-order chi connectivity index (χ0) is 3.58. The maximum atomic E-state index is 8.42. The van der Waals surface area contributed by atoms with Gasteiger partial charge in [0.15, 0.2) is 0 Å². The summed E-state index contributed by atoms with van der Waals surface area (Å²) in [5.74, 6) is 0. The van der Waals surface area contributed by atoms with Crippen LogP contribution < -0.4 is 204 Å². The van der Waals surface area contributed by atoms with E-state index in [1.165, 1.54) is 0 Å². The SMILES string of the molecule is [Li+].[Li+].[Li+].[Li+].[Li+].[Li+].[Li+].[Li+].[Li+].[Li+].[O-]B([O-])[O-]. The molecule has 0 saturated heterocycles. The minimum atomic E-state index is -2.92. The van der Waals surface area contributed by atoms with E-state index in [1.807, 2.05) is 0 Å². The number of rotatable bonds is 0. The summed E-state index contributed by atoms with van der Waals surface area (Å²) < 4.78 is 0. The van der Waals surface area contributed by atoms with Crippen LogP contribution in [0, 0.1) is 0 Å². The second kappa shape index (κ2) is 76.4. The summed E-state index contributed by atoms with van der Waals surface area (Å²) >= 11 is 0. The van der Waals surface area contributed by atoms with Gasteiger partial charge in [0.2, 0.25) is 0 Å². The van der Waals surface area contributed by atoms with Crippen molar-refractivity contribution in [1.29, 1.82) is 0 Å². The van der Waals surface area contributed by atoms with E-state index in [0.717, 1.165) is 0 Å². The largest absolute Gasteiger partial charge is 1.00 e. The van der Waals surface area contributed by atoms with Crippen molar-refractivity contribution >= 4 is 7.32 Å². The molecule has 0 saturated carbocycles. The summed E-state index contributed by atoms with van der Waals surface area (Å²) in [7, 11) is -2.92. The third-order valence-electron chi connectivity index (χ3n) is 0. The number of hydrogen-bond donors (Lipinski definition) is 0. The van der Waals surface area contributed by atoms with Gasteiger partial charge in [-0.25, -0.2) is 0 Å². The average Bonchev–Trinajstić information content (AvgIpc) is 0.811. The van der Waals surface area contributed by atoms with Gasteiger partial charge in [0, 0.05) is 0 Å². The van der Waals surface area contributed by atoms with Gasteiger partial charge in [0.25, 0.3) is 0 Å². The summed E-state index contributed by atoms with van der Waals surface area (Å²) in [4.78, 5) is 0. The van der Waals surface area contributed by atoms with Gasteiger partial charge >= 0.3 is 189 Å². The molecule has 0 heterocycles. The molecule has 0 N–H and O–H groups in total. The van der Waals surface area contributed by atoms with Gasteiger partial charge in [-0.05, 0) is 0 Å². The van der Waals surface area contributed by atoms with E-state index in [9.17, 15) is 0 Å². The zero-order valence-electron chi connectivity index (χ0n) is 11.8. The van der Waals surface area contributed by atoms with E-state index in [2.05, 4.69) is 0 Å². The van der Waals surface area contributed by atoms with Crippen molar-refractivity contribution in [3.8, 4) is 0 Å². The molecule has 14 heavy (non-hydrogen) atoms. The first-order valence-corrected chi connectivity index (χ1v) is 0.707. The molecule has 0 aromatic carbocycles. The summed E-state index contributed by atoms with van der Waals surface area (Å²) in [5.41, 5.74) is 0. The molecule has 24 valence electrons. The van der Waals surface area contributed by atoms with Crippen molar-refractivity contribution in [3.63, 3.8) is 0 Å². The molecule has 0 unspecified atom stereocenters. The van der Waals surface area contributed by atoms with Gasteiger partial charge in [0.1, 0.15) is 0 Å². The molecular weight excluding hydrogens is 128 g/mol. The summed E-state index contributed by atoms with van der Waals surface area (Å²) in [6.07, 6.45) is 0. The Bertz CT molecular complexity index is 20.1. The molecule has 0 aromatic rings. The maximum Gasteiger partial charge on any atom is 1.00 e. The first-order chi connectivity index (χ1) is 1.73. The molecule has 0 fully saturated rings. The fourth-order valence-electron chi connectivity index (χ4n) is 0. The van der Waals surface area contributed by atoms with Crippen LogP contribution in [0.1, 0.15) is 0 Å². The van der Waals surface area contributed by atoms with E-state index >= 15 is 0 Å². The van der Waals surface area contributed by atoms with Crippen LogP contribution in [-0.4, -0.2) is 7.32 Å². The topological polar surface area (TPSA) is 69.2 Å². The van der Waals surface area contributed by atoms with Crippen molar-refractivity contribution in [2.45, 2.75) is 0 Å². The quantitative estimate of drug-likeness (QED) is 0.304. The van der Waals surface area contributed by atoms with Crippen molar-refractivity contribution < 1.29 is 204 Å². The van der Waals surface area contributed by atoms with Crippen LogP contribution in [0.5, 0.6) is 0 Å². The smallest absolute Gasteiger partial charge is 0.907 e. The van der Waals surface area contributed by atoms with Crippen molar-refractivity contribution in [1.82, 2.24) is 0 Å². The minimum absolute atomic E-state index is 0. The standard InChI is InChI=1S/BO3.10Li/c2-1(3)4;;;;;;;;;;/q-3;10*+1. The second-order valence-electron chi connectivity index (χ2n) is 0.289. The van der Waals surface area contributed by atoms with Gasteiger partial charge in [-0.1, -0.05) is 0 Å². The van der Waals surface area contributed by atoms with Crippen LogP contribution in [0.2, 0.25) is 0 Å². The molecule has 0 amide bonds. The Morgan fingerprint density at radius 3 is 0.357 bits per heavy atom. The molecule has 0 aliphatic heterocycles. The fourth-order valence-corrected chi connectivity index (χ4v) is 0. The monoisotopic (exact) mass is 129 g/mol. The molecule has 0 rings (SSSR count). The van der Waals surface area contributed by atoms with Crippen LogP contribution in [0.3, 0.4) is 0 Å². The van der Waals surface area contributed by atoms with Gasteiger partial charge in [0.05, 0.1) is 0 Å². The molecule has 0 atom stereocenters. The first-order valence-electron chi connectivity index (χ1n) is 0.707. The van der Waals surface area contributed by atoms with Crippen LogP contribution in [0.25, 0.3) is 0 Å². The van der Waals surface area contributed by atoms with E-state index in [-0.39, 0.29) is 189 Å². The Morgan fingerprint density at radius 2 is 0.357 bits per heavy atom. The Balaban J connectivity index is -0.000000001000. The molecule has 0 bridgehead atoms. The predicted octanol–water partition coefficient (Wildman–Crippen LogP) is -33.9. The van der Waals surface area contributed by atoms with Gasteiger partial charge in [-0.3, -0.25) is 7.32 Å². The summed E-state index contributed by atoms with van der Waals surface area (Å²) in [6.45, 7) is 0. The van der Waals surface area contributed by atoms with Crippen LogP contribution in [0.15, 0.2) is 0 Å². The Morgan fingerprint density at radius 1 is 0.357 bits per heavy atom. The molecule has 0 aromatic heterocycles. The third-order valence-corrected chi connectivity index (χ3v) is 0. The number of hydrogen-bond acceptors (Lipinski definition) is 3. The second-order valence-corrected chi connectivity index (χ2v) is 0.289. The normalized spacial score (nSPS) is 1.93. The van der Waals surface area contributed by atoms with Crippen molar-refractivity contribution in [3.05, 3.63) is 0 Å². The first kappa shape index (κ1) is 89.6. The van der Waals surface area contributed by atoms with Gasteiger partial charge in [-0.2, -0.15) is 0 Å². The van der Waals surface area contributed by atoms with Crippen molar-refractivity contribution in [2.75, 3.05) is 0 Å². The third kappa shape index (κ3) is 146. The summed E-state index contributed by atoms with van der Waals surface area (Å²) in [5, 5.41) is 25.2. The molecule has 14 heteroatoms. The average molecular weight is 128 g/mol. The summed E-state index contributed by atoms with van der Waals surface area (Å²) in [6, 6.07) is 0. The predicted molar refractivity (Wildman–Crippen MR) is 5.75 cm³/mol. The molecule has 0 aliphatic rings. The maximum absolute atomic E-state index is 8.42. The van der Waals surface area contributed by atoms with Crippen molar-refractivity contribution in [2.24, 2.45) is 0 Å². The van der Waals surface area contributed by atoms with Crippen LogP contribution in [-0.2, 0) is 0 Å². The molecular formula is BLi10O3+7. The molecule has 0 spiro atoms. The molecule has 3 nitrogen and oxygen atoms in total. The molecule has 0 aliphatic carbocycles. The van der Waals surface area contributed by atoms with E-state index in [1.54, 1.807) is 0 Å². The van der Waals surface area contributed by atoms with E-state index in [0.29, 0.717) is 0 Å².